The molecule has 110 valence electrons. The van der Waals surface area contributed by atoms with Gasteiger partial charge in [-0.3, -0.25) is 14.6 Å². The van der Waals surface area contributed by atoms with E-state index in [4.69, 9.17) is 0 Å². The van der Waals surface area contributed by atoms with Crippen LogP contribution in [0, 0.1) is 0 Å². The quantitative estimate of drug-likeness (QED) is 0.771. The number of nitrogens with zero attached hydrogens (tertiary/aromatic N) is 2. The number of carbonyl (C=O) groups excluding carboxylic acids is 1. The third-order valence-corrected chi connectivity index (χ3v) is 4.27. The second-order valence-corrected chi connectivity index (χ2v) is 5.82. The van der Waals surface area contributed by atoms with Crippen molar-refractivity contribution in [3.05, 3.63) is 35.9 Å². The van der Waals surface area contributed by atoms with Crippen LogP contribution in [0.4, 0.5) is 0 Å². The van der Waals surface area contributed by atoms with Crippen molar-refractivity contribution in [2.75, 3.05) is 26.2 Å². The van der Waals surface area contributed by atoms with E-state index in [2.05, 4.69) is 30.6 Å². The molecule has 1 atom stereocenters. The van der Waals surface area contributed by atoms with E-state index in [1.54, 1.807) is 0 Å². The monoisotopic (exact) mass is 274 g/mol. The Morgan fingerprint density at radius 3 is 2.10 bits per heavy atom. The first kappa shape index (κ1) is 15.2. The van der Waals surface area contributed by atoms with Crippen LogP contribution in [0.2, 0.25) is 0 Å². The van der Waals surface area contributed by atoms with Crippen molar-refractivity contribution < 1.29 is 4.79 Å². The van der Waals surface area contributed by atoms with Gasteiger partial charge in [-0.15, -0.1) is 0 Å². The van der Waals surface area contributed by atoms with E-state index in [9.17, 15) is 4.79 Å². The highest BCUT2D eigenvalue weighted by molar-refractivity contribution is 6.00. The first-order chi connectivity index (χ1) is 9.63. The summed E-state index contributed by atoms with van der Waals surface area (Å²) in [5.74, 6) is 0.270. The molecule has 20 heavy (non-hydrogen) atoms. The molecule has 0 saturated carbocycles. The standard InChI is InChI=1S/C17H26N2O/c1-4-16(17(20)15-8-6-5-7-9-15)19-12-10-18(11-13-19)14(2)3/h5-9,14,16H,4,10-13H2,1-3H3. The van der Waals surface area contributed by atoms with Crippen LogP contribution in [-0.2, 0) is 0 Å². The molecule has 1 aliphatic rings. The predicted octanol–water partition coefficient (Wildman–Crippen LogP) is 2.67. The van der Waals surface area contributed by atoms with Crippen LogP contribution in [0.15, 0.2) is 30.3 Å². The minimum Gasteiger partial charge on any atom is -0.298 e. The Morgan fingerprint density at radius 1 is 1.05 bits per heavy atom. The molecule has 1 saturated heterocycles. The maximum absolute atomic E-state index is 12.6. The Balaban J connectivity index is 2.01. The topological polar surface area (TPSA) is 23.6 Å². The van der Waals surface area contributed by atoms with E-state index >= 15 is 0 Å². The van der Waals surface area contributed by atoms with E-state index < -0.39 is 0 Å². The van der Waals surface area contributed by atoms with Gasteiger partial charge in [0.2, 0.25) is 0 Å². The highest BCUT2D eigenvalue weighted by atomic mass is 16.1. The van der Waals surface area contributed by atoms with Crippen molar-refractivity contribution >= 4 is 5.78 Å². The summed E-state index contributed by atoms with van der Waals surface area (Å²) in [6.07, 6.45) is 0.884. The minimum atomic E-state index is 0.0340. The highest BCUT2D eigenvalue weighted by Crippen LogP contribution is 2.15. The average molecular weight is 274 g/mol. The first-order valence-corrected chi connectivity index (χ1v) is 7.70. The molecule has 0 aliphatic carbocycles. The number of benzene rings is 1. The molecule has 0 radical (unpaired) electrons. The molecule has 3 heteroatoms. The summed E-state index contributed by atoms with van der Waals surface area (Å²) in [5, 5.41) is 0. The maximum atomic E-state index is 12.6. The van der Waals surface area contributed by atoms with Gasteiger partial charge in [0.25, 0.3) is 0 Å². The molecular weight excluding hydrogens is 248 g/mol. The molecule has 1 aromatic carbocycles. The molecule has 2 rings (SSSR count). The van der Waals surface area contributed by atoms with Crippen molar-refractivity contribution in [2.24, 2.45) is 0 Å². The summed E-state index contributed by atoms with van der Waals surface area (Å²) in [4.78, 5) is 17.5. The smallest absolute Gasteiger partial charge is 0.179 e. The van der Waals surface area contributed by atoms with Gasteiger partial charge < -0.3 is 0 Å². The van der Waals surface area contributed by atoms with Gasteiger partial charge >= 0.3 is 0 Å². The molecule has 0 N–H and O–H groups in total. The van der Waals surface area contributed by atoms with Gasteiger partial charge in [-0.05, 0) is 20.3 Å². The predicted molar refractivity (Wildman–Crippen MR) is 83.1 cm³/mol. The number of hydrogen-bond acceptors (Lipinski definition) is 3. The van der Waals surface area contributed by atoms with E-state index in [0.29, 0.717) is 6.04 Å². The lowest BCUT2D eigenvalue weighted by Crippen LogP contribution is -2.53. The van der Waals surface area contributed by atoms with E-state index in [-0.39, 0.29) is 11.8 Å². The second kappa shape index (κ2) is 7.00. The molecule has 0 amide bonds. The SMILES string of the molecule is CCC(C(=O)c1ccccc1)N1CCN(C(C)C)CC1. The molecule has 1 unspecified atom stereocenters. The normalized spacial score (nSPS) is 19.2. The largest absolute Gasteiger partial charge is 0.298 e. The van der Waals surface area contributed by atoms with Crippen LogP contribution in [0.5, 0.6) is 0 Å². The molecule has 0 spiro atoms. The van der Waals surface area contributed by atoms with Crippen LogP contribution >= 0.6 is 0 Å². The molecule has 0 aromatic heterocycles. The number of Topliss-reactive ketones (excluding diaryl/α,β-unsaturated/α-hetero) is 1. The van der Waals surface area contributed by atoms with Crippen LogP contribution in [0.25, 0.3) is 0 Å². The van der Waals surface area contributed by atoms with Gasteiger partial charge in [0.1, 0.15) is 0 Å². The molecule has 3 nitrogen and oxygen atoms in total. The van der Waals surface area contributed by atoms with Gasteiger partial charge in [0, 0.05) is 37.8 Å². The molecular formula is C17H26N2O. The number of piperazine rings is 1. The first-order valence-electron chi connectivity index (χ1n) is 7.70. The summed E-state index contributed by atoms with van der Waals surface area (Å²) >= 11 is 0. The number of ketones is 1. The highest BCUT2D eigenvalue weighted by Gasteiger charge is 2.28. The zero-order valence-electron chi connectivity index (χ0n) is 12.9. The summed E-state index contributed by atoms with van der Waals surface area (Å²) in [5.41, 5.74) is 0.839. The van der Waals surface area contributed by atoms with Gasteiger partial charge in [0.15, 0.2) is 5.78 Å². The van der Waals surface area contributed by atoms with Crippen LogP contribution in [0.1, 0.15) is 37.6 Å². The minimum absolute atomic E-state index is 0.0340. The summed E-state index contributed by atoms with van der Waals surface area (Å²) in [6.45, 7) is 10.7. The van der Waals surface area contributed by atoms with Gasteiger partial charge in [-0.2, -0.15) is 0 Å². The van der Waals surface area contributed by atoms with Crippen molar-refractivity contribution in [1.29, 1.82) is 0 Å². The van der Waals surface area contributed by atoms with E-state index in [1.165, 1.54) is 0 Å². The summed E-state index contributed by atoms with van der Waals surface area (Å²) < 4.78 is 0. The fourth-order valence-corrected chi connectivity index (χ4v) is 2.97. The maximum Gasteiger partial charge on any atom is 0.179 e. The number of carbonyl (C=O) groups is 1. The van der Waals surface area contributed by atoms with Crippen molar-refractivity contribution in [1.82, 2.24) is 9.80 Å². The lowest BCUT2D eigenvalue weighted by atomic mass is 10.00. The van der Waals surface area contributed by atoms with Crippen LogP contribution in [-0.4, -0.2) is 53.8 Å². The lowest BCUT2D eigenvalue weighted by molar-refractivity contribution is 0.0594. The molecule has 1 aliphatic heterocycles. The van der Waals surface area contributed by atoms with Gasteiger partial charge in [-0.1, -0.05) is 37.3 Å². The average Bonchev–Trinajstić information content (AvgIpc) is 2.49. The summed E-state index contributed by atoms with van der Waals surface area (Å²) in [7, 11) is 0. The third-order valence-electron chi connectivity index (χ3n) is 4.27. The lowest BCUT2D eigenvalue weighted by Gasteiger charge is -2.40. The van der Waals surface area contributed by atoms with Crippen molar-refractivity contribution in [3.63, 3.8) is 0 Å². The van der Waals surface area contributed by atoms with Gasteiger partial charge in [0.05, 0.1) is 6.04 Å². The molecule has 0 bridgehead atoms. The van der Waals surface area contributed by atoms with Gasteiger partial charge in [-0.25, -0.2) is 0 Å². The van der Waals surface area contributed by atoms with Crippen molar-refractivity contribution in [2.45, 2.75) is 39.3 Å². The van der Waals surface area contributed by atoms with E-state index in [0.717, 1.165) is 38.2 Å². The zero-order valence-corrected chi connectivity index (χ0v) is 12.9. The third kappa shape index (κ3) is 3.47. The Hall–Kier alpha value is -1.19. The number of rotatable bonds is 5. The fraction of sp³-hybridized carbons (Fsp3) is 0.588. The fourth-order valence-electron chi connectivity index (χ4n) is 2.97. The zero-order chi connectivity index (χ0) is 14.5. The summed E-state index contributed by atoms with van der Waals surface area (Å²) in [6, 6.07) is 10.3. The molecule has 1 heterocycles. The molecule has 1 fully saturated rings. The van der Waals surface area contributed by atoms with Crippen LogP contribution < -0.4 is 0 Å². The van der Waals surface area contributed by atoms with E-state index in [1.807, 2.05) is 30.3 Å². The number of hydrogen-bond donors (Lipinski definition) is 0. The van der Waals surface area contributed by atoms with Crippen LogP contribution in [0.3, 0.4) is 0 Å². The Bertz CT molecular complexity index is 422. The molecule has 1 aromatic rings. The second-order valence-electron chi connectivity index (χ2n) is 5.82. The van der Waals surface area contributed by atoms with Crippen molar-refractivity contribution in [3.8, 4) is 0 Å². The Morgan fingerprint density at radius 2 is 1.60 bits per heavy atom. The Kier molecular flexibility index (Phi) is 5.32. The Labute approximate surface area is 122 Å².